The lowest BCUT2D eigenvalue weighted by molar-refractivity contribution is 0.0515. The quantitative estimate of drug-likeness (QED) is 0.561. The van der Waals surface area contributed by atoms with E-state index in [9.17, 15) is 10.1 Å². The Morgan fingerprint density at radius 1 is 1.38 bits per heavy atom. The van der Waals surface area contributed by atoms with Crippen molar-refractivity contribution in [3.63, 3.8) is 0 Å². The number of hydrogen-bond donors (Lipinski definition) is 0. The predicted octanol–water partition coefficient (Wildman–Crippen LogP) is 4.89. The fourth-order valence-corrected chi connectivity index (χ4v) is 3.55. The molecule has 0 amide bonds. The van der Waals surface area contributed by atoms with E-state index in [-0.39, 0.29) is 11.9 Å². The van der Waals surface area contributed by atoms with Crippen molar-refractivity contribution in [3.8, 4) is 17.2 Å². The number of nitriles is 1. The molecule has 2 aromatic rings. The maximum absolute atomic E-state index is 12.5. The number of aromatic nitrogens is 1. The molecule has 0 atom stereocenters. The first kappa shape index (κ1) is 18.4. The highest BCUT2D eigenvalue weighted by molar-refractivity contribution is 7.99. The highest BCUT2D eigenvalue weighted by atomic mass is 35.5. The highest BCUT2D eigenvalue weighted by Gasteiger charge is 2.28. The van der Waals surface area contributed by atoms with Gasteiger partial charge in [0.2, 0.25) is 0 Å². The Balaban J connectivity index is 2.76. The summed E-state index contributed by atoms with van der Waals surface area (Å²) in [6.07, 6.45) is 0. The number of thioether (sulfide) groups is 1. The number of ether oxygens (including phenoxy) is 1. The largest absolute Gasteiger partial charge is 0.461 e. The Kier molecular flexibility index (Phi) is 5.98. The van der Waals surface area contributed by atoms with Crippen molar-refractivity contribution in [2.24, 2.45) is 7.05 Å². The first-order valence-corrected chi connectivity index (χ1v) is 8.88. The molecule has 126 valence electrons. The van der Waals surface area contributed by atoms with Crippen molar-refractivity contribution in [1.82, 2.24) is 4.57 Å². The van der Waals surface area contributed by atoms with Gasteiger partial charge in [0.1, 0.15) is 11.8 Å². The summed E-state index contributed by atoms with van der Waals surface area (Å²) in [4.78, 5) is 12.5. The fraction of sp³-hybridized carbons (Fsp3) is 0.333. The highest BCUT2D eigenvalue weighted by Crippen LogP contribution is 2.38. The van der Waals surface area contributed by atoms with E-state index >= 15 is 0 Å². The molecule has 0 aliphatic heterocycles. The molecule has 1 aromatic carbocycles. The lowest BCUT2D eigenvalue weighted by Gasteiger charge is -2.09. The zero-order valence-electron chi connectivity index (χ0n) is 14.1. The molecule has 0 saturated heterocycles. The van der Waals surface area contributed by atoms with Crippen LogP contribution in [0.2, 0.25) is 5.02 Å². The fourth-order valence-electron chi connectivity index (χ4n) is 2.46. The SMILES string of the molecule is CCOC(=O)c1c(-c2ccc(Cl)cc2)c(C#N)c(SC(C)C)n1C. The minimum Gasteiger partial charge on any atom is -0.461 e. The zero-order valence-corrected chi connectivity index (χ0v) is 15.7. The van der Waals surface area contributed by atoms with Crippen molar-refractivity contribution in [1.29, 1.82) is 5.26 Å². The van der Waals surface area contributed by atoms with Crippen molar-refractivity contribution < 1.29 is 9.53 Å². The van der Waals surface area contributed by atoms with E-state index in [2.05, 4.69) is 6.07 Å². The summed E-state index contributed by atoms with van der Waals surface area (Å²) in [7, 11) is 1.79. The molecule has 1 heterocycles. The summed E-state index contributed by atoms with van der Waals surface area (Å²) in [5, 5.41) is 11.4. The van der Waals surface area contributed by atoms with Gasteiger partial charge in [-0.05, 0) is 24.6 Å². The molecule has 0 N–H and O–H groups in total. The minimum atomic E-state index is -0.433. The van der Waals surface area contributed by atoms with E-state index in [4.69, 9.17) is 16.3 Å². The van der Waals surface area contributed by atoms with Crippen molar-refractivity contribution >= 4 is 29.3 Å². The average molecular weight is 363 g/mol. The molecule has 0 spiro atoms. The lowest BCUT2D eigenvalue weighted by atomic mass is 10.0. The van der Waals surface area contributed by atoms with Gasteiger partial charge in [-0.25, -0.2) is 4.79 Å². The standard InChI is InChI=1S/C18H19ClN2O2S/c1-5-23-18(22)16-15(12-6-8-13(19)9-7-12)14(10-20)17(21(16)4)24-11(2)3/h6-9,11H,5H2,1-4H3. The average Bonchev–Trinajstić information content (AvgIpc) is 2.80. The molecule has 0 saturated carbocycles. The zero-order chi connectivity index (χ0) is 17.9. The van der Waals surface area contributed by atoms with E-state index < -0.39 is 5.97 Å². The summed E-state index contributed by atoms with van der Waals surface area (Å²) < 4.78 is 6.96. The lowest BCUT2D eigenvalue weighted by Crippen LogP contribution is -2.11. The van der Waals surface area contributed by atoms with Crippen LogP contribution in [0, 0.1) is 11.3 Å². The molecule has 0 bridgehead atoms. The summed E-state index contributed by atoms with van der Waals surface area (Å²) in [6, 6.07) is 9.37. The Morgan fingerprint density at radius 3 is 2.50 bits per heavy atom. The number of carbonyl (C=O) groups is 1. The topological polar surface area (TPSA) is 55.0 Å². The molecule has 1 aromatic heterocycles. The molecule has 0 fully saturated rings. The van der Waals surface area contributed by atoms with E-state index in [0.717, 1.165) is 10.6 Å². The van der Waals surface area contributed by atoms with E-state index in [1.54, 1.807) is 42.4 Å². The second-order valence-electron chi connectivity index (χ2n) is 5.47. The Labute approximate surface area is 151 Å². The van der Waals surface area contributed by atoms with E-state index in [1.165, 1.54) is 0 Å². The number of carbonyl (C=O) groups excluding carboxylic acids is 1. The van der Waals surface area contributed by atoms with Crippen LogP contribution in [0.3, 0.4) is 0 Å². The molecule has 6 heteroatoms. The van der Waals surface area contributed by atoms with Crippen molar-refractivity contribution in [2.45, 2.75) is 31.0 Å². The number of benzene rings is 1. The maximum atomic E-state index is 12.5. The third-order valence-electron chi connectivity index (χ3n) is 3.40. The Morgan fingerprint density at radius 2 is 2.00 bits per heavy atom. The van der Waals surface area contributed by atoms with Gasteiger partial charge in [-0.2, -0.15) is 5.26 Å². The normalized spacial score (nSPS) is 10.7. The smallest absolute Gasteiger partial charge is 0.355 e. The number of halogens is 1. The van der Waals surface area contributed by atoms with E-state index in [1.807, 2.05) is 26.0 Å². The van der Waals surface area contributed by atoms with Crippen LogP contribution in [-0.4, -0.2) is 22.4 Å². The van der Waals surface area contributed by atoms with Gasteiger partial charge in [0.05, 0.1) is 17.2 Å². The molecular weight excluding hydrogens is 344 g/mol. The van der Waals surface area contributed by atoms with Gasteiger partial charge in [-0.15, -0.1) is 11.8 Å². The molecule has 4 nitrogen and oxygen atoms in total. The van der Waals surface area contributed by atoms with Gasteiger partial charge in [-0.1, -0.05) is 37.6 Å². The second-order valence-corrected chi connectivity index (χ2v) is 7.47. The summed E-state index contributed by atoms with van der Waals surface area (Å²) in [5.41, 5.74) is 2.24. The Bertz CT molecular complexity index is 789. The predicted molar refractivity (Wildman–Crippen MR) is 97.5 cm³/mol. The first-order chi connectivity index (χ1) is 11.4. The van der Waals surface area contributed by atoms with Crippen LogP contribution >= 0.6 is 23.4 Å². The number of hydrogen-bond acceptors (Lipinski definition) is 4. The van der Waals surface area contributed by atoms with Crippen LogP contribution in [0.4, 0.5) is 0 Å². The number of rotatable bonds is 5. The molecule has 0 radical (unpaired) electrons. The third-order valence-corrected chi connectivity index (χ3v) is 4.83. The van der Waals surface area contributed by atoms with Crippen LogP contribution in [0.5, 0.6) is 0 Å². The Hall–Kier alpha value is -1.90. The van der Waals surface area contributed by atoms with Gasteiger partial charge in [0.25, 0.3) is 0 Å². The number of esters is 1. The van der Waals surface area contributed by atoms with Crippen molar-refractivity contribution in [2.75, 3.05) is 6.61 Å². The maximum Gasteiger partial charge on any atom is 0.355 e. The summed E-state index contributed by atoms with van der Waals surface area (Å²) in [6.45, 7) is 6.13. The van der Waals surface area contributed by atoms with Crippen molar-refractivity contribution in [3.05, 3.63) is 40.5 Å². The van der Waals surface area contributed by atoms with Gasteiger partial charge < -0.3 is 9.30 Å². The van der Waals surface area contributed by atoms with Crippen LogP contribution < -0.4 is 0 Å². The third kappa shape index (κ3) is 3.61. The molecule has 2 rings (SSSR count). The molecular formula is C18H19ClN2O2S. The molecule has 0 aliphatic carbocycles. The van der Waals surface area contributed by atoms with Gasteiger partial charge in [0, 0.05) is 22.9 Å². The summed E-state index contributed by atoms with van der Waals surface area (Å²) in [5.74, 6) is -0.433. The molecule has 0 aliphatic rings. The first-order valence-electron chi connectivity index (χ1n) is 7.63. The van der Waals surface area contributed by atoms with Crippen LogP contribution in [0.15, 0.2) is 29.3 Å². The summed E-state index contributed by atoms with van der Waals surface area (Å²) >= 11 is 7.52. The van der Waals surface area contributed by atoms with Gasteiger partial charge in [-0.3, -0.25) is 0 Å². The van der Waals surface area contributed by atoms with Crippen LogP contribution in [0.1, 0.15) is 36.8 Å². The second kappa shape index (κ2) is 7.78. The van der Waals surface area contributed by atoms with Crippen LogP contribution in [0.25, 0.3) is 11.1 Å². The molecule has 24 heavy (non-hydrogen) atoms. The minimum absolute atomic E-state index is 0.276. The van der Waals surface area contributed by atoms with E-state index in [0.29, 0.717) is 21.8 Å². The van der Waals surface area contributed by atoms with Gasteiger partial charge in [0.15, 0.2) is 0 Å². The number of nitrogens with zero attached hydrogens (tertiary/aromatic N) is 2. The van der Waals surface area contributed by atoms with Crippen LogP contribution in [-0.2, 0) is 11.8 Å². The monoisotopic (exact) mass is 362 g/mol. The molecule has 0 unspecified atom stereocenters. The van der Waals surface area contributed by atoms with Gasteiger partial charge >= 0.3 is 5.97 Å².